The lowest BCUT2D eigenvalue weighted by Crippen LogP contribution is -2.44. The van der Waals surface area contributed by atoms with Crippen molar-refractivity contribution in [2.24, 2.45) is 5.92 Å². The van der Waals surface area contributed by atoms with Gasteiger partial charge in [-0.3, -0.25) is 19.2 Å². The van der Waals surface area contributed by atoms with Crippen LogP contribution in [0.3, 0.4) is 0 Å². The van der Waals surface area contributed by atoms with Gasteiger partial charge in [-0.25, -0.2) is 0 Å². The molecule has 41 heavy (non-hydrogen) atoms. The van der Waals surface area contributed by atoms with E-state index in [1.165, 1.54) is 0 Å². The van der Waals surface area contributed by atoms with Gasteiger partial charge in [-0.1, -0.05) is 72.8 Å². The van der Waals surface area contributed by atoms with Crippen LogP contribution in [0.5, 0.6) is 0 Å². The number of nitrogens with zero attached hydrogens (tertiary/aromatic N) is 5. The normalized spacial score (nSPS) is 17.1. The summed E-state index contributed by atoms with van der Waals surface area (Å²) >= 11 is 0. The molecule has 9 heteroatoms. The zero-order valence-corrected chi connectivity index (χ0v) is 22.9. The van der Waals surface area contributed by atoms with Crippen LogP contribution in [0.1, 0.15) is 30.2 Å². The van der Waals surface area contributed by atoms with Gasteiger partial charge in [0.15, 0.2) is 5.60 Å². The summed E-state index contributed by atoms with van der Waals surface area (Å²) in [6, 6.07) is 24.2. The Labute approximate surface area is 239 Å². The number of aryl methyl sites for hydroxylation is 1. The first-order chi connectivity index (χ1) is 20.0. The second-order valence-corrected chi connectivity index (χ2v) is 10.1. The number of fused-ring (bicyclic) bond motifs is 1. The highest BCUT2D eigenvalue weighted by Gasteiger charge is 2.52. The number of aliphatic hydroxyl groups excluding tert-OH is 1. The molecule has 9 nitrogen and oxygen atoms in total. The molecule has 0 aliphatic carbocycles. The number of rotatable bonds is 12. The molecule has 1 aliphatic heterocycles. The number of benzene rings is 3. The van der Waals surface area contributed by atoms with Gasteiger partial charge in [0, 0.05) is 48.6 Å². The monoisotopic (exact) mass is 551 g/mol. The van der Waals surface area contributed by atoms with E-state index in [-0.39, 0.29) is 19.1 Å². The van der Waals surface area contributed by atoms with Gasteiger partial charge >= 0.3 is 0 Å². The molecule has 1 aliphatic rings. The predicted molar refractivity (Wildman–Crippen MR) is 156 cm³/mol. The van der Waals surface area contributed by atoms with E-state index in [4.69, 9.17) is 5.11 Å². The van der Waals surface area contributed by atoms with Crippen molar-refractivity contribution in [1.82, 2.24) is 15.0 Å². The molecule has 2 N–H and O–H groups in total. The topological polar surface area (TPSA) is 112 Å². The van der Waals surface area contributed by atoms with Crippen LogP contribution in [0.4, 0.5) is 17.1 Å². The Morgan fingerprint density at radius 2 is 1.71 bits per heavy atom. The standard InChI is InChI=1S/C32H33N5O4/c1-24(9-7-8-19-35-22-26(18-20-38)33-34-35)32(41)29-12-5-6-13-30(29)36(31(32)40)21-25-14-16-28(17-15-25)37(23-39)27-10-3-2-4-11-27/h2-7,9-17,22-24,38,41H,8,18-21H2,1H3/b9-7+/t24-,32+/m0/s1. The second kappa shape index (κ2) is 12.3. The quantitative estimate of drug-likeness (QED) is 0.202. The van der Waals surface area contributed by atoms with Gasteiger partial charge < -0.3 is 15.1 Å². The minimum absolute atomic E-state index is 0.0273. The Morgan fingerprint density at radius 1 is 1.00 bits per heavy atom. The van der Waals surface area contributed by atoms with Crippen LogP contribution in [0, 0.1) is 5.92 Å². The van der Waals surface area contributed by atoms with Crippen molar-refractivity contribution in [1.29, 1.82) is 0 Å². The Balaban J connectivity index is 1.30. The number of para-hydroxylation sites is 2. The Hall–Kier alpha value is -4.60. The molecule has 0 saturated heterocycles. The van der Waals surface area contributed by atoms with Gasteiger partial charge in [-0.15, -0.1) is 5.10 Å². The van der Waals surface area contributed by atoms with Crippen molar-refractivity contribution in [2.75, 3.05) is 16.4 Å². The molecule has 2 atom stereocenters. The summed E-state index contributed by atoms with van der Waals surface area (Å²) in [5, 5.41) is 29.0. The number of carbonyl (C=O) groups excluding carboxylic acids is 2. The summed E-state index contributed by atoms with van der Waals surface area (Å²) in [5.74, 6) is -0.847. The van der Waals surface area contributed by atoms with E-state index in [0.29, 0.717) is 36.3 Å². The molecule has 0 spiro atoms. The van der Waals surface area contributed by atoms with E-state index in [2.05, 4.69) is 10.3 Å². The number of carbonyl (C=O) groups is 2. The highest BCUT2D eigenvalue weighted by molar-refractivity contribution is 6.07. The largest absolute Gasteiger partial charge is 0.396 e. The van der Waals surface area contributed by atoms with E-state index in [9.17, 15) is 14.7 Å². The summed E-state index contributed by atoms with van der Waals surface area (Å²) in [7, 11) is 0. The van der Waals surface area contributed by atoms with Crippen LogP contribution in [-0.2, 0) is 34.7 Å². The first-order valence-corrected chi connectivity index (χ1v) is 13.6. The van der Waals surface area contributed by atoms with Crippen LogP contribution in [0.15, 0.2) is 97.2 Å². The summed E-state index contributed by atoms with van der Waals surface area (Å²) in [6.07, 6.45) is 7.51. The first-order valence-electron chi connectivity index (χ1n) is 13.6. The third-order valence-corrected chi connectivity index (χ3v) is 7.43. The Morgan fingerprint density at radius 3 is 2.44 bits per heavy atom. The molecular formula is C32H33N5O4. The van der Waals surface area contributed by atoms with Crippen molar-refractivity contribution in [3.05, 3.63) is 114 Å². The highest BCUT2D eigenvalue weighted by atomic mass is 16.3. The van der Waals surface area contributed by atoms with Crippen LogP contribution in [0.2, 0.25) is 0 Å². The third kappa shape index (κ3) is 5.68. The smallest absolute Gasteiger partial charge is 0.264 e. The van der Waals surface area contributed by atoms with Crippen molar-refractivity contribution >= 4 is 29.4 Å². The van der Waals surface area contributed by atoms with E-state index in [1.807, 2.05) is 91.9 Å². The summed E-state index contributed by atoms with van der Waals surface area (Å²) in [4.78, 5) is 28.8. The van der Waals surface area contributed by atoms with Gasteiger partial charge in [0.1, 0.15) is 0 Å². The molecule has 4 aromatic rings. The fraction of sp³-hybridized carbons (Fsp3) is 0.250. The number of aliphatic hydroxyl groups is 2. The van der Waals surface area contributed by atoms with Crippen LogP contribution in [-0.4, -0.2) is 44.1 Å². The van der Waals surface area contributed by atoms with Crippen molar-refractivity contribution in [3.8, 4) is 0 Å². The fourth-order valence-corrected chi connectivity index (χ4v) is 5.19. The van der Waals surface area contributed by atoms with Crippen molar-refractivity contribution in [3.63, 3.8) is 0 Å². The maximum atomic E-state index is 13.8. The summed E-state index contributed by atoms with van der Waals surface area (Å²) < 4.78 is 1.71. The lowest BCUT2D eigenvalue weighted by atomic mass is 9.83. The molecular weight excluding hydrogens is 518 g/mol. The van der Waals surface area contributed by atoms with Crippen molar-refractivity contribution < 1.29 is 19.8 Å². The number of hydrogen-bond donors (Lipinski definition) is 2. The molecule has 1 aromatic heterocycles. The van der Waals surface area contributed by atoms with Gasteiger partial charge in [-0.2, -0.15) is 0 Å². The van der Waals surface area contributed by atoms with Gasteiger partial charge in [-0.05, 0) is 42.3 Å². The number of allylic oxidation sites excluding steroid dienone is 1. The number of amides is 2. The number of anilines is 3. The zero-order chi connectivity index (χ0) is 28.8. The summed E-state index contributed by atoms with van der Waals surface area (Å²) in [6.45, 7) is 2.75. The van der Waals surface area contributed by atoms with Crippen molar-refractivity contribution in [2.45, 2.75) is 38.5 Å². The highest BCUT2D eigenvalue weighted by Crippen LogP contribution is 2.45. The molecule has 0 radical (unpaired) electrons. The van der Waals surface area contributed by atoms with Crippen LogP contribution >= 0.6 is 0 Å². The first kappa shape index (κ1) is 27.9. The molecule has 5 rings (SSSR count). The minimum Gasteiger partial charge on any atom is -0.396 e. The van der Waals surface area contributed by atoms with E-state index < -0.39 is 11.5 Å². The number of hydrogen-bond acceptors (Lipinski definition) is 6. The third-order valence-electron chi connectivity index (χ3n) is 7.43. The molecule has 210 valence electrons. The molecule has 0 unspecified atom stereocenters. The SMILES string of the molecule is C[C@@H](/C=C/CCn1cc(CCO)nn1)[C@]1(O)C(=O)N(Cc2ccc(N(C=O)c3ccccc3)cc2)c2ccccc21. The molecule has 0 bridgehead atoms. The average Bonchev–Trinajstić information content (AvgIpc) is 3.54. The van der Waals surface area contributed by atoms with Gasteiger partial charge in [0.05, 0.1) is 17.9 Å². The summed E-state index contributed by atoms with van der Waals surface area (Å²) in [5.41, 5.74) is 2.65. The lowest BCUT2D eigenvalue weighted by molar-refractivity contribution is -0.139. The van der Waals surface area contributed by atoms with Crippen LogP contribution < -0.4 is 9.80 Å². The molecule has 2 amide bonds. The van der Waals surface area contributed by atoms with Gasteiger partial charge in [0.25, 0.3) is 5.91 Å². The second-order valence-electron chi connectivity index (χ2n) is 10.1. The van der Waals surface area contributed by atoms with E-state index in [1.54, 1.807) is 26.7 Å². The lowest BCUT2D eigenvalue weighted by Gasteiger charge is -2.27. The minimum atomic E-state index is -1.70. The average molecular weight is 552 g/mol. The maximum absolute atomic E-state index is 13.8. The predicted octanol–water partition coefficient (Wildman–Crippen LogP) is 4.12. The number of aromatic nitrogens is 3. The van der Waals surface area contributed by atoms with Crippen LogP contribution in [0.25, 0.3) is 0 Å². The molecule has 2 heterocycles. The van der Waals surface area contributed by atoms with E-state index >= 15 is 0 Å². The zero-order valence-electron chi connectivity index (χ0n) is 22.9. The van der Waals surface area contributed by atoms with Gasteiger partial charge in [0.2, 0.25) is 6.41 Å². The molecule has 0 saturated carbocycles. The van der Waals surface area contributed by atoms with E-state index in [0.717, 1.165) is 23.4 Å². The molecule has 0 fully saturated rings. The Kier molecular flexibility index (Phi) is 8.37. The molecule has 3 aromatic carbocycles. The fourth-order valence-electron chi connectivity index (χ4n) is 5.19. The Bertz CT molecular complexity index is 1520. The maximum Gasteiger partial charge on any atom is 0.264 e.